The standard InChI is InChI=1S/C23H29N3O5S2.ClH/c1-6-30-19-11-8-16(14-20(19)31-7-2)22(27)26(13-12-25(3)4)23-24-18-10-9-17(33(5,28)29)15-21(18)32-23;/h8-11,14-15H,6-7,12-13H2,1-5H3;1H. The molecule has 0 N–H and O–H groups in total. The van der Waals surface area contributed by atoms with Gasteiger partial charge in [-0.15, -0.1) is 12.4 Å². The first-order valence-corrected chi connectivity index (χ1v) is 13.3. The van der Waals surface area contributed by atoms with Gasteiger partial charge in [0.25, 0.3) is 5.91 Å². The molecule has 0 saturated carbocycles. The Bertz CT molecular complexity index is 1240. The van der Waals surface area contributed by atoms with Gasteiger partial charge in [0.2, 0.25) is 0 Å². The number of carbonyl (C=O) groups is 1. The molecular formula is C23H30ClN3O5S2. The normalized spacial score (nSPS) is 11.4. The highest BCUT2D eigenvalue weighted by Gasteiger charge is 2.23. The molecule has 11 heteroatoms. The highest BCUT2D eigenvalue weighted by Crippen LogP contribution is 2.33. The molecule has 0 aliphatic carbocycles. The molecule has 0 radical (unpaired) electrons. The summed E-state index contributed by atoms with van der Waals surface area (Å²) in [6.45, 7) is 5.75. The van der Waals surface area contributed by atoms with Gasteiger partial charge in [-0.3, -0.25) is 9.69 Å². The van der Waals surface area contributed by atoms with Gasteiger partial charge in [-0.05, 0) is 64.3 Å². The smallest absolute Gasteiger partial charge is 0.260 e. The summed E-state index contributed by atoms with van der Waals surface area (Å²) in [6, 6.07) is 9.95. The van der Waals surface area contributed by atoms with Gasteiger partial charge in [0.1, 0.15) is 0 Å². The van der Waals surface area contributed by atoms with Crippen LogP contribution in [0.2, 0.25) is 0 Å². The number of aromatic nitrogens is 1. The van der Waals surface area contributed by atoms with Gasteiger partial charge in [0, 0.05) is 24.9 Å². The van der Waals surface area contributed by atoms with Crippen LogP contribution in [-0.4, -0.2) is 70.9 Å². The van der Waals surface area contributed by atoms with Crippen LogP contribution < -0.4 is 14.4 Å². The zero-order valence-corrected chi connectivity index (χ0v) is 22.3. The average molecular weight is 528 g/mol. The Labute approximate surface area is 210 Å². The van der Waals surface area contributed by atoms with E-state index in [2.05, 4.69) is 4.98 Å². The number of hydrogen-bond donors (Lipinski definition) is 0. The molecule has 0 aliphatic heterocycles. The topological polar surface area (TPSA) is 89.0 Å². The van der Waals surface area contributed by atoms with Gasteiger partial charge in [-0.2, -0.15) is 0 Å². The quantitative estimate of drug-likeness (QED) is 0.391. The number of halogens is 1. The van der Waals surface area contributed by atoms with Crippen molar-refractivity contribution in [2.24, 2.45) is 0 Å². The Morgan fingerprint density at radius 2 is 1.68 bits per heavy atom. The molecule has 0 unspecified atom stereocenters. The molecule has 0 aliphatic rings. The van der Waals surface area contributed by atoms with Crippen LogP contribution in [0.25, 0.3) is 10.2 Å². The Kier molecular flexibility index (Phi) is 9.69. The van der Waals surface area contributed by atoms with Crippen LogP contribution in [0, 0.1) is 0 Å². The van der Waals surface area contributed by atoms with E-state index in [4.69, 9.17) is 9.47 Å². The van der Waals surface area contributed by atoms with Crippen LogP contribution in [0.3, 0.4) is 0 Å². The van der Waals surface area contributed by atoms with Crippen molar-refractivity contribution in [3.63, 3.8) is 0 Å². The molecule has 0 fully saturated rings. The molecule has 1 heterocycles. The number of anilines is 1. The SMILES string of the molecule is CCOc1ccc(C(=O)N(CCN(C)C)c2nc3ccc(S(C)(=O)=O)cc3s2)cc1OCC.Cl. The number of rotatable bonds is 10. The monoisotopic (exact) mass is 527 g/mol. The molecule has 0 atom stereocenters. The number of nitrogens with zero attached hydrogens (tertiary/aromatic N) is 3. The van der Waals surface area contributed by atoms with E-state index >= 15 is 0 Å². The number of ether oxygens (including phenoxy) is 2. The fraction of sp³-hybridized carbons (Fsp3) is 0.391. The molecule has 34 heavy (non-hydrogen) atoms. The molecule has 186 valence electrons. The lowest BCUT2D eigenvalue weighted by molar-refractivity contribution is 0.0984. The summed E-state index contributed by atoms with van der Waals surface area (Å²) in [4.78, 5) is 22.0. The number of sulfone groups is 1. The van der Waals surface area contributed by atoms with Gasteiger partial charge in [-0.25, -0.2) is 13.4 Å². The number of fused-ring (bicyclic) bond motifs is 1. The number of carbonyl (C=O) groups excluding carboxylic acids is 1. The Morgan fingerprint density at radius 3 is 2.29 bits per heavy atom. The summed E-state index contributed by atoms with van der Waals surface area (Å²) < 4.78 is 35.9. The molecule has 0 bridgehead atoms. The molecule has 3 aromatic rings. The summed E-state index contributed by atoms with van der Waals surface area (Å²) in [5.74, 6) is 0.882. The molecule has 1 amide bonds. The van der Waals surface area contributed by atoms with Crippen LogP contribution in [0.1, 0.15) is 24.2 Å². The second kappa shape index (κ2) is 11.8. The third-order valence-electron chi connectivity index (χ3n) is 4.81. The minimum Gasteiger partial charge on any atom is -0.490 e. The van der Waals surface area contributed by atoms with Crippen molar-refractivity contribution >= 4 is 54.8 Å². The lowest BCUT2D eigenvalue weighted by Gasteiger charge is -2.22. The van der Waals surface area contributed by atoms with Crippen molar-refractivity contribution in [3.8, 4) is 11.5 Å². The predicted molar refractivity (Wildman–Crippen MR) is 139 cm³/mol. The van der Waals surface area contributed by atoms with Crippen LogP contribution in [0.5, 0.6) is 11.5 Å². The molecule has 8 nitrogen and oxygen atoms in total. The third kappa shape index (κ3) is 6.59. The van der Waals surface area contributed by atoms with Gasteiger partial charge < -0.3 is 14.4 Å². The average Bonchev–Trinajstić information content (AvgIpc) is 3.17. The van der Waals surface area contributed by atoms with Crippen molar-refractivity contribution in [2.45, 2.75) is 18.7 Å². The largest absolute Gasteiger partial charge is 0.490 e. The highest BCUT2D eigenvalue weighted by molar-refractivity contribution is 7.90. The van der Waals surface area contributed by atoms with Gasteiger partial charge in [-0.1, -0.05) is 11.3 Å². The van der Waals surface area contributed by atoms with E-state index < -0.39 is 9.84 Å². The number of amides is 1. The first-order chi connectivity index (χ1) is 15.6. The van der Waals surface area contributed by atoms with Gasteiger partial charge in [0.05, 0.1) is 28.3 Å². The second-order valence-corrected chi connectivity index (χ2v) is 10.7. The molecular weight excluding hydrogens is 498 g/mol. The maximum Gasteiger partial charge on any atom is 0.260 e. The number of likely N-dealkylation sites (N-methyl/N-ethyl adjacent to an activating group) is 1. The second-order valence-electron chi connectivity index (χ2n) is 7.69. The van der Waals surface area contributed by atoms with Crippen LogP contribution in [-0.2, 0) is 9.84 Å². The summed E-state index contributed by atoms with van der Waals surface area (Å²) in [7, 11) is 0.529. The third-order valence-corrected chi connectivity index (χ3v) is 6.97. The van der Waals surface area contributed by atoms with E-state index in [9.17, 15) is 13.2 Å². The maximum atomic E-state index is 13.6. The van der Waals surface area contributed by atoms with Gasteiger partial charge >= 0.3 is 0 Å². The molecule has 1 aromatic heterocycles. The van der Waals surface area contributed by atoms with Crippen LogP contribution in [0.15, 0.2) is 41.3 Å². The number of benzene rings is 2. The highest BCUT2D eigenvalue weighted by atomic mass is 35.5. The van der Waals surface area contributed by atoms with E-state index in [1.54, 1.807) is 35.2 Å². The molecule has 0 spiro atoms. The lowest BCUT2D eigenvalue weighted by Crippen LogP contribution is -2.36. The van der Waals surface area contributed by atoms with Crippen molar-refractivity contribution in [1.29, 1.82) is 0 Å². The van der Waals surface area contributed by atoms with E-state index in [1.165, 1.54) is 23.7 Å². The fourth-order valence-electron chi connectivity index (χ4n) is 3.16. The first kappa shape index (κ1) is 27.8. The number of thiazole rings is 1. The summed E-state index contributed by atoms with van der Waals surface area (Å²) in [5.41, 5.74) is 1.10. The zero-order valence-electron chi connectivity index (χ0n) is 19.9. The Hall–Kier alpha value is -2.40. The first-order valence-electron chi connectivity index (χ1n) is 10.6. The van der Waals surface area contributed by atoms with Crippen molar-refractivity contribution in [2.75, 3.05) is 51.6 Å². The van der Waals surface area contributed by atoms with E-state index in [0.29, 0.717) is 58.7 Å². The minimum atomic E-state index is -3.34. The Morgan fingerprint density at radius 1 is 1.00 bits per heavy atom. The predicted octanol–water partition coefficient (Wildman–Crippen LogP) is 4.13. The van der Waals surface area contributed by atoms with Crippen molar-refractivity contribution in [1.82, 2.24) is 9.88 Å². The van der Waals surface area contributed by atoms with E-state index in [-0.39, 0.29) is 23.2 Å². The summed E-state index contributed by atoms with van der Waals surface area (Å²) in [5, 5.41) is 0.509. The number of hydrogen-bond acceptors (Lipinski definition) is 8. The van der Waals surface area contributed by atoms with Crippen molar-refractivity contribution < 1.29 is 22.7 Å². The van der Waals surface area contributed by atoms with E-state index in [0.717, 1.165) is 0 Å². The minimum absolute atomic E-state index is 0. The van der Waals surface area contributed by atoms with Crippen LogP contribution >= 0.6 is 23.7 Å². The fourth-order valence-corrected chi connectivity index (χ4v) is 4.91. The van der Waals surface area contributed by atoms with Crippen LogP contribution in [0.4, 0.5) is 5.13 Å². The molecule has 0 saturated heterocycles. The maximum absolute atomic E-state index is 13.6. The summed E-state index contributed by atoms with van der Waals surface area (Å²) in [6.07, 6.45) is 1.17. The van der Waals surface area contributed by atoms with Gasteiger partial charge in [0.15, 0.2) is 26.5 Å². The van der Waals surface area contributed by atoms with Crippen molar-refractivity contribution in [3.05, 3.63) is 42.0 Å². The molecule has 3 rings (SSSR count). The zero-order chi connectivity index (χ0) is 24.2. The Balaban J connectivity index is 0.00000408. The lowest BCUT2D eigenvalue weighted by atomic mass is 10.1. The van der Waals surface area contributed by atoms with E-state index in [1.807, 2.05) is 32.8 Å². The molecule has 2 aromatic carbocycles. The summed E-state index contributed by atoms with van der Waals surface area (Å²) >= 11 is 1.29.